The zero-order valence-corrected chi connectivity index (χ0v) is 18.4. The number of aryl methyl sites for hydroxylation is 1. The number of rotatable bonds is 5. The molecule has 0 bridgehead atoms. The van der Waals surface area contributed by atoms with E-state index in [1.165, 1.54) is 0 Å². The maximum absolute atomic E-state index is 12.6. The van der Waals surface area contributed by atoms with Crippen LogP contribution in [0.25, 0.3) is 11.0 Å². The molecule has 0 aliphatic carbocycles. The Morgan fingerprint density at radius 3 is 2.47 bits per heavy atom. The minimum atomic E-state index is 0.00255. The smallest absolute Gasteiger partial charge is 0.326 e. The molecule has 0 radical (unpaired) electrons. The van der Waals surface area contributed by atoms with Crippen molar-refractivity contribution in [2.45, 2.75) is 50.6 Å². The van der Waals surface area contributed by atoms with Crippen molar-refractivity contribution < 1.29 is 4.79 Å². The summed E-state index contributed by atoms with van der Waals surface area (Å²) in [6.45, 7) is 3.71. The molecular weight excluding hydrogens is 402 g/mol. The summed E-state index contributed by atoms with van der Waals surface area (Å²) in [5.41, 5.74) is 3.05. The first-order chi connectivity index (χ1) is 15.7. The summed E-state index contributed by atoms with van der Waals surface area (Å²) < 4.78 is 1.95. The lowest BCUT2D eigenvalue weighted by atomic mass is 9.97. The van der Waals surface area contributed by atoms with Crippen molar-refractivity contribution in [3.63, 3.8) is 0 Å². The van der Waals surface area contributed by atoms with Gasteiger partial charge in [0.05, 0.1) is 11.0 Å². The largest absolute Gasteiger partial charge is 0.343 e. The van der Waals surface area contributed by atoms with Crippen LogP contribution in [0.15, 0.2) is 53.6 Å². The molecule has 32 heavy (non-hydrogen) atoms. The molecule has 5 rings (SSSR count). The van der Waals surface area contributed by atoms with Crippen LogP contribution in [0.1, 0.15) is 43.7 Å². The van der Waals surface area contributed by atoms with Gasteiger partial charge in [-0.05, 0) is 55.9 Å². The van der Waals surface area contributed by atoms with Gasteiger partial charge in [0.2, 0.25) is 5.91 Å². The lowest BCUT2D eigenvalue weighted by molar-refractivity contribution is -0.132. The van der Waals surface area contributed by atoms with Gasteiger partial charge in [-0.2, -0.15) is 0 Å². The van der Waals surface area contributed by atoms with Gasteiger partial charge in [0.1, 0.15) is 0 Å². The number of pyridine rings is 1. The average Bonchev–Trinajstić information content (AvgIpc) is 3.19. The number of hydrogen-bond acceptors (Lipinski definition) is 4. The summed E-state index contributed by atoms with van der Waals surface area (Å²) >= 11 is 0. The van der Waals surface area contributed by atoms with Gasteiger partial charge in [-0.1, -0.05) is 18.2 Å². The van der Waals surface area contributed by atoms with Crippen molar-refractivity contribution in [2.24, 2.45) is 0 Å². The van der Waals surface area contributed by atoms with Crippen LogP contribution in [0.5, 0.6) is 0 Å². The standard InChI is InChI=1S/C25H31N5O2/c31-24(8-7-19-4-3-13-26-18-19)29-16-9-20(10-17-29)28-14-11-21(12-15-28)30-23-6-2-1-5-22(23)27-25(30)32/h1-6,13,18,20-21H,7-12,14-17H2,(H,27,32). The van der Waals surface area contributed by atoms with Crippen molar-refractivity contribution in [2.75, 3.05) is 26.2 Å². The van der Waals surface area contributed by atoms with Crippen LogP contribution in [0.4, 0.5) is 0 Å². The fraction of sp³-hybridized carbons (Fsp3) is 0.480. The number of nitrogens with one attached hydrogen (secondary N) is 1. The monoisotopic (exact) mass is 433 g/mol. The number of likely N-dealkylation sites (tertiary alicyclic amines) is 2. The number of carbonyl (C=O) groups is 1. The Bertz CT molecular complexity index is 1110. The van der Waals surface area contributed by atoms with Gasteiger partial charge >= 0.3 is 5.69 Å². The molecule has 7 heteroatoms. The number of benzene rings is 1. The Balaban J connectivity index is 1.11. The molecule has 7 nitrogen and oxygen atoms in total. The Morgan fingerprint density at radius 2 is 1.72 bits per heavy atom. The molecule has 1 amide bonds. The number of piperidine rings is 2. The molecule has 1 N–H and O–H groups in total. The van der Waals surface area contributed by atoms with Gasteiger partial charge in [0.15, 0.2) is 0 Å². The number of aromatic amines is 1. The molecule has 168 valence electrons. The third kappa shape index (κ3) is 4.35. The number of amides is 1. The third-order valence-corrected chi connectivity index (χ3v) is 7.17. The lowest BCUT2D eigenvalue weighted by Gasteiger charge is -2.42. The second-order valence-corrected chi connectivity index (χ2v) is 9.06. The Kier molecular flexibility index (Phi) is 6.08. The number of H-pyrrole nitrogens is 1. The van der Waals surface area contributed by atoms with E-state index in [9.17, 15) is 9.59 Å². The first-order valence-electron chi connectivity index (χ1n) is 11.8. The molecule has 2 saturated heterocycles. The number of fused-ring (bicyclic) bond motifs is 1. The fourth-order valence-electron chi connectivity index (χ4n) is 5.38. The molecule has 0 saturated carbocycles. The zero-order valence-electron chi connectivity index (χ0n) is 18.4. The van der Waals surface area contributed by atoms with Gasteiger partial charge in [-0.15, -0.1) is 0 Å². The molecule has 2 aromatic heterocycles. The number of carbonyl (C=O) groups excluding carboxylic acids is 1. The molecular formula is C25H31N5O2. The Morgan fingerprint density at radius 1 is 0.969 bits per heavy atom. The zero-order chi connectivity index (χ0) is 21.9. The number of aromatic nitrogens is 3. The van der Waals surface area contributed by atoms with Crippen LogP contribution < -0.4 is 5.69 Å². The lowest BCUT2D eigenvalue weighted by Crippen LogP contribution is -2.49. The molecule has 4 heterocycles. The first-order valence-corrected chi connectivity index (χ1v) is 11.8. The van der Waals surface area contributed by atoms with E-state index >= 15 is 0 Å². The molecule has 1 aromatic carbocycles. The quantitative estimate of drug-likeness (QED) is 0.671. The number of nitrogens with zero attached hydrogens (tertiary/aromatic N) is 4. The van der Waals surface area contributed by atoms with Crippen molar-refractivity contribution in [1.29, 1.82) is 0 Å². The van der Waals surface area contributed by atoms with E-state index in [0.29, 0.717) is 12.5 Å². The summed E-state index contributed by atoms with van der Waals surface area (Å²) in [6, 6.07) is 12.7. The van der Waals surface area contributed by atoms with E-state index in [-0.39, 0.29) is 17.6 Å². The molecule has 0 spiro atoms. The predicted octanol–water partition coefficient (Wildman–Crippen LogP) is 2.99. The first kappa shape index (κ1) is 20.9. The van der Waals surface area contributed by atoms with Gasteiger partial charge in [-0.3, -0.25) is 14.3 Å². The van der Waals surface area contributed by atoms with Crippen LogP contribution in [-0.4, -0.2) is 62.5 Å². The van der Waals surface area contributed by atoms with Crippen molar-refractivity contribution in [1.82, 2.24) is 24.3 Å². The van der Waals surface area contributed by atoms with Crippen LogP contribution in [0, 0.1) is 0 Å². The number of imidazole rings is 1. The van der Waals surface area contributed by atoms with Gasteiger partial charge < -0.3 is 14.8 Å². The highest BCUT2D eigenvalue weighted by Gasteiger charge is 2.30. The second kappa shape index (κ2) is 9.28. The van der Waals surface area contributed by atoms with E-state index in [0.717, 1.165) is 74.9 Å². The maximum atomic E-state index is 12.6. The van der Waals surface area contributed by atoms with Crippen LogP contribution in [0.3, 0.4) is 0 Å². The highest BCUT2D eigenvalue weighted by Crippen LogP contribution is 2.28. The predicted molar refractivity (Wildman–Crippen MR) is 125 cm³/mol. The third-order valence-electron chi connectivity index (χ3n) is 7.17. The number of hydrogen-bond donors (Lipinski definition) is 1. The van der Waals surface area contributed by atoms with Crippen molar-refractivity contribution in [3.8, 4) is 0 Å². The summed E-state index contributed by atoms with van der Waals surface area (Å²) in [5, 5.41) is 0. The number of para-hydroxylation sites is 2. The van der Waals surface area contributed by atoms with Crippen molar-refractivity contribution in [3.05, 3.63) is 64.8 Å². The van der Waals surface area contributed by atoms with E-state index in [1.807, 2.05) is 52.1 Å². The van der Waals surface area contributed by atoms with Gasteiger partial charge in [-0.25, -0.2) is 4.79 Å². The maximum Gasteiger partial charge on any atom is 0.326 e. The topological polar surface area (TPSA) is 74.2 Å². The van der Waals surface area contributed by atoms with E-state index < -0.39 is 0 Å². The SMILES string of the molecule is O=C(CCc1cccnc1)N1CCC(N2CCC(n3c(=O)[nH]c4ccccc43)CC2)CC1. The molecule has 2 fully saturated rings. The normalized spacial score (nSPS) is 18.9. The van der Waals surface area contributed by atoms with Crippen LogP contribution in [-0.2, 0) is 11.2 Å². The summed E-state index contributed by atoms with van der Waals surface area (Å²) in [7, 11) is 0. The van der Waals surface area contributed by atoms with Crippen molar-refractivity contribution >= 4 is 16.9 Å². The molecule has 2 aliphatic rings. The van der Waals surface area contributed by atoms with E-state index in [4.69, 9.17) is 0 Å². The van der Waals surface area contributed by atoms with Crippen LogP contribution >= 0.6 is 0 Å². The minimum Gasteiger partial charge on any atom is -0.343 e. The molecule has 3 aromatic rings. The highest BCUT2D eigenvalue weighted by atomic mass is 16.2. The van der Waals surface area contributed by atoms with Gasteiger partial charge in [0, 0.05) is 57.1 Å². The van der Waals surface area contributed by atoms with E-state index in [1.54, 1.807) is 6.20 Å². The van der Waals surface area contributed by atoms with Crippen LogP contribution in [0.2, 0.25) is 0 Å². The highest BCUT2D eigenvalue weighted by molar-refractivity contribution is 5.76. The molecule has 0 atom stereocenters. The molecule has 0 unspecified atom stereocenters. The summed E-state index contributed by atoms with van der Waals surface area (Å²) in [5.74, 6) is 0.254. The van der Waals surface area contributed by atoms with E-state index in [2.05, 4.69) is 14.9 Å². The minimum absolute atomic E-state index is 0.00255. The molecule has 2 aliphatic heterocycles. The van der Waals surface area contributed by atoms with Gasteiger partial charge in [0.25, 0.3) is 0 Å². The summed E-state index contributed by atoms with van der Waals surface area (Å²) in [4.78, 5) is 36.9. The Labute approximate surface area is 188 Å². The average molecular weight is 434 g/mol. The Hall–Kier alpha value is -2.93. The summed E-state index contributed by atoms with van der Waals surface area (Å²) in [6.07, 6.45) is 8.98. The fourth-order valence-corrected chi connectivity index (χ4v) is 5.38. The second-order valence-electron chi connectivity index (χ2n) is 9.06.